The van der Waals surface area contributed by atoms with Gasteiger partial charge < -0.3 is 11.1 Å². The summed E-state index contributed by atoms with van der Waals surface area (Å²) in [6.45, 7) is 5.26. The summed E-state index contributed by atoms with van der Waals surface area (Å²) in [6.07, 6.45) is 1.66. The second kappa shape index (κ2) is 5.08. The second-order valence-corrected chi connectivity index (χ2v) is 5.08. The molecule has 3 N–H and O–H groups in total. The first-order chi connectivity index (χ1) is 8.58. The topological polar surface area (TPSA) is 50.9 Å². The van der Waals surface area contributed by atoms with Gasteiger partial charge in [-0.15, -0.1) is 0 Å². The first-order valence-electron chi connectivity index (χ1n) is 6.09. The van der Waals surface area contributed by atoms with Crippen LogP contribution in [0.3, 0.4) is 0 Å². The van der Waals surface area contributed by atoms with Crippen molar-refractivity contribution in [1.82, 2.24) is 4.98 Å². The van der Waals surface area contributed by atoms with Crippen molar-refractivity contribution in [3.63, 3.8) is 0 Å². The molecule has 3 nitrogen and oxygen atoms in total. The highest BCUT2D eigenvalue weighted by molar-refractivity contribution is 5.44. The van der Waals surface area contributed by atoms with Crippen molar-refractivity contribution in [2.45, 2.75) is 19.3 Å². The van der Waals surface area contributed by atoms with Crippen LogP contribution in [-0.4, -0.2) is 11.5 Å². The monoisotopic (exact) mass is 241 g/mol. The molecule has 0 unspecified atom stereocenters. The Balaban J connectivity index is 2.03. The van der Waals surface area contributed by atoms with Crippen molar-refractivity contribution in [3.8, 4) is 0 Å². The van der Waals surface area contributed by atoms with Gasteiger partial charge in [0.15, 0.2) is 0 Å². The number of nitrogens with zero attached hydrogens (tertiary/aromatic N) is 1. The van der Waals surface area contributed by atoms with E-state index in [2.05, 4.69) is 48.4 Å². The van der Waals surface area contributed by atoms with Gasteiger partial charge in [0, 0.05) is 12.0 Å². The molecule has 2 aromatic rings. The molecule has 94 valence electrons. The van der Waals surface area contributed by atoms with Gasteiger partial charge in [0.2, 0.25) is 0 Å². The van der Waals surface area contributed by atoms with E-state index in [-0.39, 0.29) is 5.41 Å². The van der Waals surface area contributed by atoms with E-state index in [0.29, 0.717) is 5.69 Å². The largest absolute Gasteiger partial charge is 0.397 e. The predicted molar refractivity (Wildman–Crippen MR) is 76.6 cm³/mol. The zero-order valence-corrected chi connectivity index (χ0v) is 10.9. The van der Waals surface area contributed by atoms with E-state index >= 15 is 0 Å². The van der Waals surface area contributed by atoms with Gasteiger partial charge in [0.25, 0.3) is 0 Å². The minimum absolute atomic E-state index is 0.0598. The Morgan fingerprint density at radius 2 is 1.83 bits per heavy atom. The molecule has 0 aliphatic carbocycles. The van der Waals surface area contributed by atoms with E-state index < -0.39 is 0 Å². The lowest BCUT2D eigenvalue weighted by Crippen LogP contribution is -2.27. The number of anilines is 2. The van der Waals surface area contributed by atoms with Gasteiger partial charge in [0.05, 0.1) is 11.9 Å². The van der Waals surface area contributed by atoms with Crippen LogP contribution in [0, 0.1) is 0 Å². The maximum atomic E-state index is 5.61. The first-order valence-corrected chi connectivity index (χ1v) is 6.09. The Labute approximate surface area is 108 Å². The van der Waals surface area contributed by atoms with Crippen molar-refractivity contribution in [1.29, 1.82) is 0 Å². The maximum absolute atomic E-state index is 5.61. The average molecular weight is 241 g/mol. The van der Waals surface area contributed by atoms with Crippen LogP contribution in [0.4, 0.5) is 11.5 Å². The molecule has 0 saturated carbocycles. The highest BCUT2D eigenvalue weighted by atomic mass is 15.0. The fraction of sp³-hybridized carbons (Fsp3) is 0.267. The number of benzene rings is 1. The lowest BCUT2D eigenvalue weighted by atomic mass is 9.84. The lowest BCUT2D eigenvalue weighted by molar-refractivity contribution is 0.556. The highest BCUT2D eigenvalue weighted by Gasteiger charge is 2.19. The Morgan fingerprint density at radius 3 is 2.44 bits per heavy atom. The minimum atomic E-state index is 0.0598. The van der Waals surface area contributed by atoms with Gasteiger partial charge in [0.1, 0.15) is 5.82 Å². The average Bonchev–Trinajstić information content (AvgIpc) is 2.39. The van der Waals surface area contributed by atoms with Gasteiger partial charge in [-0.2, -0.15) is 0 Å². The third-order valence-corrected chi connectivity index (χ3v) is 3.05. The van der Waals surface area contributed by atoms with Gasteiger partial charge in [-0.05, 0) is 17.7 Å². The summed E-state index contributed by atoms with van der Waals surface area (Å²) in [5.74, 6) is 0.855. The zero-order chi connectivity index (χ0) is 13.0. The molecule has 1 aromatic carbocycles. The standard InChI is InChI=1S/C15H19N3/c1-15(2,12-6-4-3-5-7-12)11-18-14-9-8-13(16)10-17-14/h3-10H,11,16H2,1-2H3,(H,17,18). The summed E-state index contributed by atoms with van der Waals surface area (Å²) >= 11 is 0. The molecule has 18 heavy (non-hydrogen) atoms. The smallest absolute Gasteiger partial charge is 0.126 e. The molecule has 0 spiro atoms. The van der Waals surface area contributed by atoms with Crippen molar-refractivity contribution < 1.29 is 0 Å². The summed E-state index contributed by atoms with van der Waals surface area (Å²) in [5.41, 5.74) is 7.67. The number of nitrogens with two attached hydrogens (primary N) is 1. The molecule has 0 aliphatic rings. The van der Waals surface area contributed by atoms with Crippen LogP contribution in [0.1, 0.15) is 19.4 Å². The van der Waals surface area contributed by atoms with E-state index in [1.807, 2.05) is 18.2 Å². The molecule has 2 rings (SSSR count). The molecule has 0 atom stereocenters. The summed E-state index contributed by atoms with van der Waals surface area (Å²) in [7, 11) is 0. The number of aromatic nitrogens is 1. The van der Waals surface area contributed by atoms with Crippen molar-refractivity contribution in [2.75, 3.05) is 17.6 Å². The molecule has 1 aromatic heterocycles. The third kappa shape index (κ3) is 3.00. The molecular formula is C15H19N3. The van der Waals surface area contributed by atoms with Crippen molar-refractivity contribution in [3.05, 3.63) is 54.2 Å². The molecule has 0 bridgehead atoms. The Hall–Kier alpha value is -2.03. The molecule has 0 radical (unpaired) electrons. The highest BCUT2D eigenvalue weighted by Crippen LogP contribution is 2.23. The number of pyridine rings is 1. The fourth-order valence-corrected chi connectivity index (χ4v) is 1.81. The molecule has 3 heteroatoms. The molecule has 0 saturated heterocycles. The van der Waals surface area contributed by atoms with Crippen molar-refractivity contribution >= 4 is 11.5 Å². The quantitative estimate of drug-likeness (QED) is 0.865. The first kappa shape index (κ1) is 12.4. The van der Waals surface area contributed by atoms with Crippen LogP contribution in [0.25, 0.3) is 0 Å². The summed E-state index contributed by atoms with van der Waals surface area (Å²) in [6, 6.07) is 14.2. The maximum Gasteiger partial charge on any atom is 0.126 e. The molecule has 0 aliphatic heterocycles. The molecule has 0 amide bonds. The zero-order valence-electron chi connectivity index (χ0n) is 10.9. The SMILES string of the molecule is CC(C)(CNc1ccc(N)cn1)c1ccccc1. The van der Waals surface area contributed by atoms with E-state index in [1.54, 1.807) is 6.20 Å². The number of hydrogen-bond acceptors (Lipinski definition) is 3. The van der Waals surface area contributed by atoms with Crippen LogP contribution in [0.5, 0.6) is 0 Å². The van der Waals surface area contributed by atoms with Gasteiger partial charge in [-0.25, -0.2) is 4.98 Å². The van der Waals surface area contributed by atoms with Crippen LogP contribution in [0.15, 0.2) is 48.7 Å². The Kier molecular flexibility index (Phi) is 3.51. The van der Waals surface area contributed by atoms with Crippen LogP contribution >= 0.6 is 0 Å². The number of hydrogen-bond donors (Lipinski definition) is 2. The number of rotatable bonds is 4. The third-order valence-electron chi connectivity index (χ3n) is 3.05. The van der Waals surface area contributed by atoms with E-state index in [4.69, 9.17) is 5.73 Å². The molecule has 1 heterocycles. The summed E-state index contributed by atoms with van der Waals surface area (Å²) in [5, 5.41) is 3.34. The lowest BCUT2D eigenvalue weighted by Gasteiger charge is -2.25. The van der Waals surface area contributed by atoms with Crippen LogP contribution < -0.4 is 11.1 Å². The summed E-state index contributed by atoms with van der Waals surface area (Å²) in [4.78, 5) is 4.24. The van der Waals surface area contributed by atoms with Gasteiger partial charge >= 0.3 is 0 Å². The van der Waals surface area contributed by atoms with E-state index in [0.717, 1.165) is 12.4 Å². The predicted octanol–water partition coefficient (Wildman–Crippen LogP) is 3.05. The molecule has 0 fully saturated rings. The minimum Gasteiger partial charge on any atom is -0.397 e. The Bertz CT molecular complexity index is 489. The van der Waals surface area contributed by atoms with E-state index in [1.165, 1.54) is 5.56 Å². The van der Waals surface area contributed by atoms with Crippen LogP contribution in [-0.2, 0) is 5.41 Å². The summed E-state index contributed by atoms with van der Waals surface area (Å²) < 4.78 is 0. The van der Waals surface area contributed by atoms with Gasteiger partial charge in [-0.3, -0.25) is 0 Å². The number of nitrogen functional groups attached to an aromatic ring is 1. The van der Waals surface area contributed by atoms with Crippen molar-refractivity contribution in [2.24, 2.45) is 0 Å². The molecular weight excluding hydrogens is 222 g/mol. The fourth-order valence-electron chi connectivity index (χ4n) is 1.81. The second-order valence-electron chi connectivity index (χ2n) is 5.08. The van der Waals surface area contributed by atoms with Gasteiger partial charge in [-0.1, -0.05) is 44.2 Å². The normalized spacial score (nSPS) is 11.2. The number of nitrogens with one attached hydrogen (secondary N) is 1. The van der Waals surface area contributed by atoms with Crippen LogP contribution in [0.2, 0.25) is 0 Å². The van der Waals surface area contributed by atoms with E-state index in [9.17, 15) is 0 Å². The Morgan fingerprint density at radius 1 is 1.11 bits per heavy atom.